The van der Waals surface area contributed by atoms with E-state index in [1.54, 1.807) is 49.4 Å². The predicted octanol–water partition coefficient (Wildman–Crippen LogP) is 6.01. The van der Waals surface area contributed by atoms with Crippen molar-refractivity contribution in [3.63, 3.8) is 0 Å². The first-order chi connectivity index (χ1) is 19.0. The average molecular weight is 534 g/mol. The summed E-state index contributed by atoms with van der Waals surface area (Å²) in [5, 5.41) is 14.1. The van der Waals surface area contributed by atoms with Crippen LogP contribution in [0.4, 0.5) is 5.82 Å². The van der Waals surface area contributed by atoms with Gasteiger partial charge in [0.05, 0.1) is 16.0 Å². The zero-order chi connectivity index (χ0) is 27.0. The summed E-state index contributed by atoms with van der Waals surface area (Å²) in [6, 6.07) is 25.9. The van der Waals surface area contributed by atoms with E-state index in [4.69, 9.17) is 9.97 Å². The Kier molecular flexibility index (Phi) is 6.37. The van der Waals surface area contributed by atoms with Gasteiger partial charge in [-0.3, -0.25) is 0 Å². The van der Waals surface area contributed by atoms with Crippen LogP contribution in [0.5, 0.6) is 0 Å². The van der Waals surface area contributed by atoms with Gasteiger partial charge in [0.15, 0.2) is 5.82 Å². The van der Waals surface area contributed by atoms with Crippen LogP contribution in [0.3, 0.4) is 0 Å². The molecule has 194 valence electrons. The number of aryl methyl sites for hydroxylation is 1. The number of nitrogens with one attached hydrogen (secondary N) is 1. The van der Waals surface area contributed by atoms with Crippen molar-refractivity contribution in [2.45, 2.75) is 44.0 Å². The van der Waals surface area contributed by atoms with Crippen LogP contribution < -0.4 is 5.32 Å². The average Bonchev–Trinajstić information content (AvgIpc) is 3.29. The highest BCUT2D eigenvalue weighted by Gasteiger charge is 2.29. The number of anilines is 1. The summed E-state index contributed by atoms with van der Waals surface area (Å²) in [5.74, 6) is 1.24. The normalized spacial score (nSPS) is 13.1. The second-order valence-corrected chi connectivity index (χ2v) is 11.5. The van der Waals surface area contributed by atoms with Gasteiger partial charge in [-0.05, 0) is 56.4 Å². The monoisotopic (exact) mass is 533 g/mol. The lowest BCUT2D eigenvalue weighted by Crippen LogP contribution is -2.15. The van der Waals surface area contributed by atoms with Crippen molar-refractivity contribution in [3.05, 3.63) is 107 Å². The fourth-order valence-corrected chi connectivity index (χ4v) is 7.03. The van der Waals surface area contributed by atoms with Crippen molar-refractivity contribution in [2.75, 3.05) is 5.32 Å². The van der Waals surface area contributed by atoms with E-state index in [0.717, 1.165) is 48.3 Å². The van der Waals surface area contributed by atoms with Crippen LogP contribution in [-0.2, 0) is 29.4 Å². The van der Waals surface area contributed by atoms with Crippen LogP contribution in [0, 0.1) is 18.3 Å². The minimum absolute atomic E-state index is 0.154. The minimum atomic E-state index is -4.00. The molecule has 7 nitrogen and oxygen atoms in total. The number of hydrogen-bond acceptors (Lipinski definition) is 6. The van der Waals surface area contributed by atoms with E-state index < -0.39 is 10.0 Å². The number of nitriles is 1. The van der Waals surface area contributed by atoms with Crippen molar-refractivity contribution >= 4 is 26.7 Å². The molecular weight excluding hydrogens is 506 g/mol. The highest BCUT2D eigenvalue weighted by atomic mass is 32.2. The van der Waals surface area contributed by atoms with Gasteiger partial charge in [0, 0.05) is 34.4 Å². The van der Waals surface area contributed by atoms with Gasteiger partial charge in [-0.25, -0.2) is 22.4 Å². The lowest BCUT2D eigenvalue weighted by atomic mass is 9.96. The SMILES string of the molecule is Cc1c(-c2nc3c(c(NCc4ccccc4)n2)CCCC3)c2cccc(C#N)c2n1S(=O)(=O)c1ccccc1. The molecular formula is C31H27N5O2S. The molecule has 2 heterocycles. The number of nitrogens with zero attached hydrogens (tertiary/aromatic N) is 4. The molecule has 1 N–H and O–H groups in total. The molecule has 0 saturated carbocycles. The molecule has 1 aliphatic rings. The third-order valence-corrected chi connectivity index (χ3v) is 9.09. The Morgan fingerprint density at radius 3 is 2.38 bits per heavy atom. The predicted molar refractivity (Wildman–Crippen MR) is 152 cm³/mol. The zero-order valence-electron chi connectivity index (χ0n) is 21.6. The molecule has 8 heteroatoms. The van der Waals surface area contributed by atoms with E-state index in [0.29, 0.717) is 34.5 Å². The topological polar surface area (TPSA) is 101 Å². The molecule has 0 amide bonds. The quantitative estimate of drug-likeness (QED) is 0.287. The number of fused-ring (bicyclic) bond motifs is 2. The third-order valence-electron chi connectivity index (χ3n) is 7.29. The van der Waals surface area contributed by atoms with E-state index >= 15 is 0 Å². The number of rotatable bonds is 6. The first kappa shape index (κ1) is 24.8. The lowest BCUT2D eigenvalue weighted by molar-refractivity contribution is 0.588. The summed E-state index contributed by atoms with van der Waals surface area (Å²) in [6.07, 6.45) is 3.86. The van der Waals surface area contributed by atoms with Crippen molar-refractivity contribution in [3.8, 4) is 17.5 Å². The molecule has 0 atom stereocenters. The Balaban J connectivity index is 1.58. The second-order valence-electron chi connectivity index (χ2n) is 9.72. The Labute approximate surface area is 227 Å². The Morgan fingerprint density at radius 2 is 1.64 bits per heavy atom. The molecule has 0 aliphatic heterocycles. The maximum absolute atomic E-state index is 13.9. The van der Waals surface area contributed by atoms with E-state index in [1.165, 1.54) is 3.97 Å². The molecule has 39 heavy (non-hydrogen) atoms. The molecule has 0 spiro atoms. The highest BCUT2D eigenvalue weighted by molar-refractivity contribution is 7.90. The standard InChI is InChI=1S/C31H27N5O2S/c1-21-28(26-17-10-13-23(19-32)29(26)36(21)39(37,38)24-14-6-3-7-15-24)31-34-27-18-9-8-16-25(27)30(35-31)33-20-22-11-4-2-5-12-22/h2-7,10-15,17H,8-9,16,18,20H2,1H3,(H,33,34,35). The molecule has 1 aliphatic carbocycles. The van der Waals surface area contributed by atoms with Gasteiger partial charge in [0.2, 0.25) is 0 Å². The summed E-state index contributed by atoms with van der Waals surface area (Å²) in [5.41, 5.74) is 4.97. The maximum Gasteiger partial charge on any atom is 0.268 e. The van der Waals surface area contributed by atoms with Crippen LogP contribution in [0.15, 0.2) is 83.8 Å². The molecule has 0 unspecified atom stereocenters. The number of para-hydroxylation sites is 1. The number of benzene rings is 3. The van der Waals surface area contributed by atoms with Gasteiger partial charge >= 0.3 is 0 Å². The number of aromatic nitrogens is 3. The van der Waals surface area contributed by atoms with Crippen molar-refractivity contribution in [2.24, 2.45) is 0 Å². The van der Waals surface area contributed by atoms with E-state index in [2.05, 4.69) is 23.5 Å². The van der Waals surface area contributed by atoms with Gasteiger partial charge in [-0.1, -0.05) is 60.7 Å². The van der Waals surface area contributed by atoms with Crippen molar-refractivity contribution in [1.82, 2.24) is 13.9 Å². The molecule has 5 aromatic rings. The lowest BCUT2D eigenvalue weighted by Gasteiger charge is -2.20. The largest absolute Gasteiger partial charge is 0.366 e. The van der Waals surface area contributed by atoms with Crippen LogP contribution in [0.2, 0.25) is 0 Å². The smallest absolute Gasteiger partial charge is 0.268 e. The van der Waals surface area contributed by atoms with Gasteiger partial charge in [-0.15, -0.1) is 0 Å². The molecule has 0 radical (unpaired) electrons. The van der Waals surface area contributed by atoms with Gasteiger partial charge in [0.1, 0.15) is 11.9 Å². The molecule has 0 fully saturated rings. The van der Waals surface area contributed by atoms with Crippen LogP contribution in [0.25, 0.3) is 22.3 Å². The maximum atomic E-state index is 13.9. The van der Waals surface area contributed by atoms with E-state index in [9.17, 15) is 13.7 Å². The van der Waals surface area contributed by atoms with E-state index in [-0.39, 0.29) is 10.5 Å². The van der Waals surface area contributed by atoms with Crippen LogP contribution in [-0.4, -0.2) is 22.4 Å². The highest BCUT2D eigenvalue weighted by Crippen LogP contribution is 2.38. The summed E-state index contributed by atoms with van der Waals surface area (Å²) in [6.45, 7) is 2.38. The van der Waals surface area contributed by atoms with Gasteiger partial charge < -0.3 is 5.32 Å². The molecule has 6 rings (SSSR count). The Hall–Kier alpha value is -4.48. The summed E-state index contributed by atoms with van der Waals surface area (Å²) in [4.78, 5) is 10.1. The second kappa shape index (κ2) is 10.0. The van der Waals surface area contributed by atoms with Crippen molar-refractivity contribution < 1.29 is 8.42 Å². The summed E-state index contributed by atoms with van der Waals surface area (Å²) >= 11 is 0. The molecule has 0 bridgehead atoms. The first-order valence-electron chi connectivity index (χ1n) is 13.0. The summed E-state index contributed by atoms with van der Waals surface area (Å²) in [7, 11) is -4.00. The third kappa shape index (κ3) is 4.35. The van der Waals surface area contributed by atoms with Gasteiger partial charge in [-0.2, -0.15) is 5.26 Å². The minimum Gasteiger partial charge on any atom is -0.366 e. The van der Waals surface area contributed by atoms with Crippen LogP contribution in [0.1, 0.15) is 40.9 Å². The van der Waals surface area contributed by atoms with Gasteiger partial charge in [0.25, 0.3) is 10.0 Å². The fourth-order valence-electron chi connectivity index (χ4n) is 5.43. The number of hydrogen-bond donors (Lipinski definition) is 1. The Morgan fingerprint density at radius 1 is 0.923 bits per heavy atom. The van der Waals surface area contributed by atoms with E-state index in [1.807, 2.05) is 24.3 Å². The molecule has 2 aromatic heterocycles. The fraction of sp³-hybridized carbons (Fsp3) is 0.194. The van der Waals surface area contributed by atoms with Crippen LogP contribution >= 0.6 is 0 Å². The first-order valence-corrected chi connectivity index (χ1v) is 14.5. The molecule has 0 saturated heterocycles. The Bertz CT molecular complexity index is 1840. The van der Waals surface area contributed by atoms with Crippen molar-refractivity contribution in [1.29, 1.82) is 5.26 Å². The molecule has 3 aromatic carbocycles. The zero-order valence-corrected chi connectivity index (χ0v) is 22.4. The summed E-state index contributed by atoms with van der Waals surface area (Å²) < 4.78 is 29.2.